The minimum Gasteiger partial charge on any atom is -0.478 e. The zero-order valence-electron chi connectivity index (χ0n) is 39.0. The molecule has 2 aliphatic carbocycles. The number of alkyl halides is 4. The Morgan fingerprint density at radius 2 is 1.06 bits per heavy atom. The standard InChI is InChI=1S/C24H31F2N5O3S.C22H26F2N4O4S/c1-5-27-21(32)17-13-28-31(15-17)35(33,34)18-6-7-20-19(12-18)29-22(23(2,3)4)30(20)14-16-8-10-24(25,26)11-9-16;1-21(2,3)20-26-17-10-16(33(31,32)28-13-15(11-25-28)19(29)30)4-5-18(17)27(20)12-14-6-8-22(23,24)9-7-14/h6-7,12-13,15-16H,5,8-11,14H2,1-4H3,(H,27,32);4-5,10-11,13-14H,6-9,12H2,1-3H3,(H,29,30). The molecule has 0 atom stereocenters. The van der Waals surface area contributed by atoms with Crippen molar-refractivity contribution < 1.29 is 49.1 Å². The quantitative estimate of drug-likeness (QED) is 0.118. The van der Waals surface area contributed by atoms with Crippen LogP contribution in [0.1, 0.15) is 132 Å². The molecule has 22 heteroatoms. The second kappa shape index (κ2) is 18.4. The van der Waals surface area contributed by atoms with Crippen LogP contribution in [0.15, 0.2) is 71.0 Å². The van der Waals surface area contributed by atoms with Gasteiger partial charge in [-0.3, -0.25) is 4.79 Å². The molecule has 4 aromatic heterocycles. The van der Waals surface area contributed by atoms with Crippen LogP contribution in [0, 0.1) is 11.8 Å². The molecule has 4 heterocycles. The van der Waals surface area contributed by atoms with E-state index in [2.05, 4.69) is 15.5 Å². The molecular formula is C46H57F4N9O7S2. The fraction of sp³-hybridized carbons (Fsp3) is 0.522. The molecule has 2 fully saturated rings. The normalized spacial score (nSPS) is 17.3. The van der Waals surface area contributed by atoms with Crippen LogP contribution in [0.3, 0.4) is 0 Å². The fourth-order valence-corrected chi connectivity index (χ4v) is 11.0. The van der Waals surface area contributed by atoms with Gasteiger partial charge in [-0.25, -0.2) is 32.3 Å². The second-order valence-corrected chi connectivity index (χ2v) is 23.5. The maximum absolute atomic E-state index is 13.7. The lowest BCUT2D eigenvalue weighted by atomic mass is 9.86. The number of amides is 1. The summed E-state index contributed by atoms with van der Waals surface area (Å²) in [6.07, 6.45) is 5.56. The van der Waals surface area contributed by atoms with Crippen LogP contribution in [0.5, 0.6) is 0 Å². The van der Waals surface area contributed by atoms with E-state index in [4.69, 9.17) is 15.1 Å². The minimum atomic E-state index is -4.11. The molecule has 0 bridgehead atoms. The van der Waals surface area contributed by atoms with Crippen molar-refractivity contribution in [3.8, 4) is 0 Å². The molecule has 2 aliphatic rings. The number of aromatic nitrogens is 8. The fourth-order valence-electron chi connectivity index (χ4n) is 8.71. The summed E-state index contributed by atoms with van der Waals surface area (Å²) >= 11 is 0. The van der Waals surface area contributed by atoms with E-state index in [0.29, 0.717) is 60.4 Å². The highest BCUT2D eigenvalue weighted by atomic mass is 32.2. The summed E-state index contributed by atoms with van der Waals surface area (Å²) in [6.45, 7) is 15.3. The Labute approximate surface area is 392 Å². The molecule has 8 rings (SSSR count). The third kappa shape index (κ3) is 10.6. The first kappa shape index (κ1) is 50.2. The van der Waals surface area contributed by atoms with Crippen LogP contribution in [-0.4, -0.2) is 89.7 Å². The summed E-state index contributed by atoms with van der Waals surface area (Å²) in [5.41, 5.74) is 1.68. The summed E-state index contributed by atoms with van der Waals surface area (Å²) in [7, 11) is -8.16. The number of carboxylic acids is 1. The van der Waals surface area contributed by atoms with E-state index in [-0.39, 0.29) is 69.3 Å². The molecule has 16 nitrogen and oxygen atoms in total. The van der Waals surface area contributed by atoms with Gasteiger partial charge in [0.05, 0.1) is 67.8 Å². The van der Waals surface area contributed by atoms with Crippen molar-refractivity contribution in [2.75, 3.05) is 6.54 Å². The Hall–Kier alpha value is -5.64. The van der Waals surface area contributed by atoms with E-state index >= 15 is 0 Å². The van der Waals surface area contributed by atoms with Gasteiger partial charge in [-0.1, -0.05) is 41.5 Å². The van der Waals surface area contributed by atoms with Crippen LogP contribution in [-0.2, 0) is 44.0 Å². The highest BCUT2D eigenvalue weighted by Crippen LogP contribution is 2.40. The average molecular weight is 988 g/mol. The second-order valence-electron chi connectivity index (χ2n) is 19.9. The van der Waals surface area contributed by atoms with Gasteiger partial charge in [0.1, 0.15) is 11.6 Å². The predicted molar refractivity (Wildman–Crippen MR) is 245 cm³/mol. The first-order chi connectivity index (χ1) is 31.6. The average Bonchev–Trinajstić information content (AvgIpc) is 4.08. The Bertz CT molecular complexity index is 3070. The number of nitrogens with one attached hydrogen (secondary N) is 1. The van der Waals surface area contributed by atoms with E-state index in [1.54, 1.807) is 19.1 Å². The molecule has 2 N–H and O–H groups in total. The molecule has 1 amide bonds. The molecule has 0 aliphatic heterocycles. The van der Waals surface area contributed by atoms with Gasteiger partial charge in [-0.15, -0.1) is 0 Å². The first-order valence-corrected chi connectivity index (χ1v) is 25.4. The lowest BCUT2D eigenvalue weighted by Crippen LogP contribution is -2.28. The van der Waals surface area contributed by atoms with Gasteiger partial charge >= 0.3 is 5.97 Å². The minimum absolute atomic E-state index is 0.00188. The SMILES string of the molecule is CC(C)(C)c1nc2cc(S(=O)(=O)n3cc(C(=O)O)cn3)ccc2n1CC1CCC(F)(F)CC1.CCNC(=O)c1cnn(S(=O)(=O)c2ccc3c(c2)nc(C(C)(C)C)n3CC2CCC(F)(F)CC2)c1. The predicted octanol–water partition coefficient (Wildman–Crippen LogP) is 8.63. The van der Waals surface area contributed by atoms with Crippen LogP contribution >= 0.6 is 0 Å². The number of fused-ring (bicyclic) bond motifs is 2. The van der Waals surface area contributed by atoms with Crippen molar-refractivity contribution in [2.45, 2.75) is 145 Å². The number of hydrogen-bond donors (Lipinski definition) is 2. The number of rotatable bonds is 11. The first-order valence-electron chi connectivity index (χ1n) is 22.5. The third-order valence-corrected chi connectivity index (χ3v) is 15.5. The lowest BCUT2D eigenvalue weighted by molar-refractivity contribution is -0.0478. The molecule has 0 radical (unpaired) electrons. The van der Waals surface area contributed by atoms with Crippen LogP contribution < -0.4 is 5.32 Å². The summed E-state index contributed by atoms with van der Waals surface area (Å²) in [4.78, 5) is 32.5. The van der Waals surface area contributed by atoms with Crippen molar-refractivity contribution in [1.29, 1.82) is 0 Å². The Morgan fingerprint density at radius 1 is 0.676 bits per heavy atom. The highest BCUT2D eigenvalue weighted by molar-refractivity contribution is 7.90. The van der Waals surface area contributed by atoms with Gasteiger partial charge in [0.2, 0.25) is 11.8 Å². The van der Waals surface area contributed by atoms with E-state index in [1.807, 2.05) is 50.7 Å². The summed E-state index contributed by atoms with van der Waals surface area (Å²) in [5, 5.41) is 19.2. The van der Waals surface area contributed by atoms with Crippen LogP contribution in [0.4, 0.5) is 17.6 Å². The number of aromatic carboxylic acids is 1. The summed E-state index contributed by atoms with van der Waals surface area (Å²) in [6, 6.07) is 9.22. The van der Waals surface area contributed by atoms with E-state index in [0.717, 1.165) is 39.2 Å². The van der Waals surface area contributed by atoms with Crippen molar-refractivity contribution in [3.63, 3.8) is 0 Å². The van der Waals surface area contributed by atoms with Gasteiger partial charge in [0, 0.05) is 56.1 Å². The molecule has 6 aromatic rings. The number of nitrogens with zero attached hydrogens (tertiary/aromatic N) is 8. The van der Waals surface area contributed by atoms with Gasteiger partial charge < -0.3 is 19.6 Å². The zero-order valence-corrected chi connectivity index (χ0v) is 40.6. The van der Waals surface area contributed by atoms with Gasteiger partial charge in [-0.05, 0) is 80.8 Å². The molecular weight excluding hydrogens is 931 g/mol. The largest absolute Gasteiger partial charge is 0.478 e. The number of benzene rings is 2. The van der Waals surface area contributed by atoms with E-state index in [9.17, 15) is 44.0 Å². The lowest BCUT2D eigenvalue weighted by Gasteiger charge is -2.30. The molecule has 2 saturated carbocycles. The molecule has 0 saturated heterocycles. The number of hydrogen-bond acceptors (Lipinski definition) is 10. The topological polar surface area (TPSA) is 206 Å². The maximum atomic E-state index is 13.7. The molecule has 2 aromatic carbocycles. The number of carbonyl (C=O) groups is 2. The maximum Gasteiger partial charge on any atom is 0.338 e. The molecule has 0 spiro atoms. The third-order valence-electron chi connectivity index (χ3n) is 12.4. The van der Waals surface area contributed by atoms with Gasteiger partial charge in [0.15, 0.2) is 0 Å². The zero-order chi connectivity index (χ0) is 49.8. The van der Waals surface area contributed by atoms with Crippen LogP contribution in [0.25, 0.3) is 22.1 Å². The van der Waals surface area contributed by atoms with Crippen LogP contribution in [0.2, 0.25) is 0 Å². The molecule has 0 unspecified atom stereocenters. The number of halogens is 4. The van der Waals surface area contributed by atoms with E-state index in [1.165, 1.54) is 36.7 Å². The number of imidazole rings is 2. The van der Waals surface area contributed by atoms with Crippen molar-refractivity contribution in [2.24, 2.45) is 11.8 Å². The monoisotopic (exact) mass is 987 g/mol. The number of carbonyl (C=O) groups excluding carboxylic acids is 1. The van der Waals surface area contributed by atoms with Crippen molar-refractivity contribution in [1.82, 2.24) is 42.8 Å². The molecule has 68 heavy (non-hydrogen) atoms. The summed E-state index contributed by atoms with van der Waals surface area (Å²) in [5.74, 6) is -5.16. The number of carboxylic acid groups (broad SMARTS) is 1. The van der Waals surface area contributed by atoms with Crippen molar-refractivity contribution in [3.05, 3.63) is 84.0 Å². The van der Waals surface area contributed by atoms with Gasteiger partial charge in [-0.2, -0.15) is 35.2 Å². The summed E-state index contributed by atoms with van der Waals surface area (Å²) < 4.78 is 112. The van der Waals surface area contributed by atoms with Gasteiger partial charge in [0.25, 0.3) is 26.0 Å². The Balaban J connectivity index is 0.000000202. The van der Waals surface area contributed by atoms with Crippen molar-refractivity contribution >= 4 is 54.0 Å². The highest BCUT2D eigenvalue weighted by Gasteiger charge is 2.37. The van der Waals surface area contributed by atoms with E-state index < -0.39 is 43.8 Å². The Kier molecular flexibility index (Phi) is 13.6. The smallest absolute Gasteiger partial charge is 0.338 e. The Morgan fingerprint density at radius 3 is 1.41 bits per heavy atom. The molecule has 368 valence electrons.